The van der Waals surface area contributed by atoms with Crippen LogP contribution in [0, 0.1) is 17.8 Å². The molecule has 2 heterocycles. The van der Waals surface area contributed by atoms with E-state index in [4.69, 9.17) is 14.5 Å². The zero-order valence-corrected chi connectivity index (χ0v) is 23.5. The Hall–Kier alpha value is -4.40. The smallest absolute Gasteiger partial charge is 0.330 e. The molecule has 42 heavy (non-hydrogen) atoms. The minimum absolute atomic E-state index is 0.195. The number of carbonyl (C=O) groups excluding carboxylic acids is 2. The van der Waals surface area contributed by atoms with Gasteiger partial charge < -0.3 is 25.2 Å². The van der Waals surface area contributed by atoms with E-state index in [9.17, 15) is 19.5 Å². The number of amides is 2. The first-order chi connectivity index (χ1) is 20.4. The molecule has 9 nitrogen and oxygen atoms in total. The molecule has 0 spiro atoms. The number of nitrogens with one attached hydrogen (secondary N) is 2. The Labute approximate surface area is 244 Å². The average Bonchev–Trinajstić information content (AvgIpc) is 3.53. The predicted octanol–water partition coefficient (Wildman–Crippen LogP) is 4.50. The van der Waals surface area contributed by atoms with Crippen LogP contribution in [-0.4, -0.2) is 53.2 Å². The molecule has 2 aliphatic carbocycles. The lowest BCUT2D eigenvalue weighted by atomic mass is 9.93. The van der Waals surface area contributed by atoms with Gasteiger partial charge in [-0.3, -0.25) is 9.59 Å². The number of aromatic nitrogens is 1. The number of pyridine rings is 1. The molecule has 2 amide bonds. The summed E-state index contributed by atoms with van der Waals surface area (Å²) in [5, 5.41) is 16.6. The number of nitrogens with zero attached hydrogens (tertiary/aromatic N) is 1. The highest BCUT2D eigenvalue weighted by molar-refractivity contribution is 5.94. The number of fused-ring (bicyclic) bond motifs is 3. The number of aliphatic carboxylic acids is 1. The van der Waals surface area contributed by atoms with Crippen LogP contribution in [0.5, 0.6) is 11.5 Å². The van der Waals surface area contributed by atoms with Gasteiger partial charge in [-0.2, -0.15) is 0 Å². The highest BCUT2D eigenvalue weighted by atomic mass is 16.5. The monoisotopic (exact) mass is 569 g/mol. The number of carboxylic acid groups (broad SMARTS) is 1. The van der Waals surface area contributed by atoms with Gasteiger partial charge in [0.05, 0.1) is 30.2 Å². The first-order valence-electron chi connectivity index (χ1n) is 14.6. The van der Waals surface area contributed by atoms with Gasteiger partial charge in [0.1, 0.15) is 23.1 Å². The Kier molecular flexibility index (Phi) is 7.58. The normalized spacial score (nSPS) is 28.4. The van der Waals surface area contributed by atoms with Crippen molar-refractivity contribution in [3.63, 3.8) is 0 Å². The van der Waals surface area contributed by atoms with Crippen LogP contribution in [0.1, 0.15) is 38.5 Å². The van der Waals surface area contributed by atoms with Crippen LogP contribution in [-0.2, 0) is 14.4 Å². The van der Waals surface area contributed by atoms with Crippen molar-refractivity contribution >= 4 is 28.7 Å². The van der Waals surface area contributed by atoms with Crippen molar-refractivity contribution < 1.29 is 29.0 Å². The molecule has 2 fully saturated rings. The van der Waals surface area contributed by atoms with Crippen LogP contribution >= 0.6 is 0 Å². The second kappa shape index (κ2) is 11.5. The Morgan fingerprint density at radius 1 is 1.02 bits per heavy atom. The van der Waals surface area contributed by atoms with Crippen molar-refractivity contribution in [2.45, 2.75) is 50.2 Å². The van der Waals surface area contributed by atoms with E-state index in [2.05, 4.69) is 10.6 Å². The van der Waals surface area contributed by atoms with Crippen LogP contribution in [0.15, 0.2) is 66.7 Å². The molecule has 3 N–H and O–H groups in total. The van der Waals surface area contributed by atoms with Crippen LogP contribution in [0.4, 0.5) is 0 Å². The number of allylic oxidation sites excluding steroid dienone is 1. The van der Waals surface area contributed by atoms with Crippen molar-refractivity contribution in [3.8, 4) is 22.8 Å². The van der Waals surface area contributed by atoms with Gasteiger partial charge in [-0.1, -0.05) is 42.5 Å². The lowest BCUT2D eigenvalue weighted by Gasteiger charge is -2.22. The molecule has 5 unspecified atom stereocenters. The fraction of sp³-hybridized carbons (Fsp3) is 0.394. The van der Waals surface area contributed by atoms with Gasteiger partial charge in [-0.15, -0.1) is 0 Å². The number of carbonyl (C=O) groups is 3. The zero-order chi connectivity index (χ0) is 29.3. The molecule has 1 aromatic heterocycles. The summed E-state index contributed by atoms with van der Waals surface area (Å²) in [4.78, 5) is 44.0. The van der Waals surface area contributed by atoms with Crippen LogP contribution < -0.4 is 20.1 Å². The third kappa shape index (κ3) is 5.43. The summed E-state index contributed by atoms with van der Waals surface area (Å²) in [6, 6.07) is 17.3. The maximum Gasteiger partial charge on any atom is 0.330 e. The molecule has 5 atom stereocenters. The lowest BCUT2D eigenvalue weighted by Crippen LogP contribution is -2.49. The topological polar surface area (TPSA) is 127 Å². The third-order valence-electron chi connectivity index (χ3n) is 8.74. The molecule has 3 aliphatic rings. The summed E-state index contributed by atoms with van der Waals surface area (Å²) in [6.45, 7) is 0.531. The fourth-order valence-corrected chi connectivity index (χ4v) is 6.27. The predicted molar refractivity (Wildman–Crippen MR) is 157 cm³/mol. The highest BCUT2D eigenvalue weighted by Gasteiger charge is 2.61. The first kappa shape index (κ1) is 27.8. The van der Waals surface area contributed by atoms with Gasteiger partial charge >= 0.3 is 5.97 Å². The summed E-state index contributed by atoms with van der Waals surface area (Å²) in [5.41, 5.74) is 1.05. The van der Waals surface area contributed by atoms with Gasteiger partial charge in [-0.25, -0.2) is 9.78 Å². The van der Waals surface area contributed by atoms with E-state index in [0.717, 1.165) is 35.9 Å². The number of rotatable bonds is 5. The summed E-state index contributed by atoms with van der Waals surface area (Å²) < 4.78 is 12.0. The standard InChI is InChI=1S/C33H35N3O6/c1-41-22-12-13-24-28(17-22)35-27(20-9-5-4-6-10-20)18-29(24)42-23-15-25-26(16-23)31(38)36-33(32(39)40)19-21(33)11-7-2-3-8-14-34-30(25)37/h4-7,9-13,17-18,21,23,25-26H,2-3,8,14-16,19H2,1H3,(H,34,37)(H,36,38)(H,39,40)/b11-7-. The Balaban J connectivity index is 1.31. The number of hydrogen-bond acceptors (Lipinski definition) is 6. The number of methoxy groups -OCH3 is 1. The van der Waals surface area contributed by atoms with Crippen LogP contribution in [0.3, 0.4) is 0 Å². The molecule has 3 aromatic rings. The van der Waals surface area contributed by atoms with E-state index in [1.807, 2.05) is 66.7 Å². The molecule has 0 radical (unpaired) electrons. The SMILES string of the molecule is COc1ccc2c(OC3CC4C(=O)NCCCC/C=C\C5CC5(C(=O)O)NC(=O)C4C3)cc(-c3ccccc3)nc2c1. The summed E-state index contributed by atoms with van der Waals surface area (Å²) in [6.07, 6.45) is 6.94. The van der Waals surface area contributed by atoms with Crippen molar-refractivity contribution in [3.05, 3.63) is 66.7 Å². The number of carboxylic acids is 1. The van der Waals surface area contributed by atoms with Crippen molar-refractivity contribution in [1.82, 2.24) is 15.6 Å². The minimum atomic E-state index is -1.32. The first-order valence-corrected chi connectivity index (χ1v) is 14.6. The average molecular weight is 570 g/mol. The molecule has 218 valence electrons. The van der Waals surface area contributed by atoms with E-state index in [0.29, 0.717) is 42.8 Å². The van der Waals surface area contributed by atoms with Gasteiger partial charge in [-0.05, 0) is 50.7 Å². The largest absolute Gasteiger partial charge is 0.497 e. The molecular weight excluding hydrogens is 534 g/mol. The van der Waals surface area contributed by atoms with Crippen LogP contribution in [0.25, 0.3) is 22.2 Å². The minimum Gasteiger partial charge on any atom is -0.497 e. The maximum absolute atomic E-state index is 13.6. The van der Waals surface area contributed by atoms with Gasteiger partial charge in [0.2, 0.25) is 11.8 Å². The molecule has 6 rings (SSSR count). The number of hydrogen-bond donors (Lipinski definition) is 3. The summed E-state index contributed by atoms with van der Waals surface area (Å²) in [5.74, 6) is -1.96. The van der Waals surface area contributed by atoms with Gasteiger partial charge in [0.25, 0.3) is 0 Å². The van der Waals surface area contributed by atoms with E-state index in [1.165, 1.54) is 0 Å². The number of benzene rings is 2. The summed E-state index contributed by atoms with van der Waals surface area (Å²) >= 11 is 0. The number of ether oxygens (including phenoxy) is 2. The molecule has 0 bridgehead atoms. The Morgan fingerprint density at radius 3 is 2.57 bits per heavy atom. The Bertz CT molecular complexity index is 1540. The van der Waals surface area contributed by atoms with Crippen molar-refractivity contribution in [2.75, 3.05) is 13.7 Å². The summed E-state index contributed by atoms with van der Waals surface area (Å²) in [7, 11) is 1.60. The third-order valence-corrected chi connectivity index (χ3v) is 8.74. The second-order valence-electron chi connectivity index (χ2n) is 11.5. The van der Waals surface area contributed by atoms with E-state index in [-0.39, 0.29) is 11.8 Å². The quantitative estimate of drug-likeness (QED) is 0.386. The second-order valence-corrected chi connectivity index (χ2v) is 11.5. The lowest BCUT2D eigenvalue weighted by molar-refractivity contribution is -0.144. The van der Waals surface area contributed by atoms with E-state index < -0.39 is 35.4 Å². The van der Waals surface area contributed by atoms with Crippen molar-refractivity contribution in [2.24, 2.45) is 17.8 Å². The van der Waals surface area contributed by atoms with Gasteiger partial charge in [0, 0.05) is 35.5 Å². The van der Waals surface area contributed by atoms with Crippen molar-refractivity contribution in [1.29, 1.82) is 0 Å². The zero-order valence-electron chi connectivity index (χ0n) is 23.5. The van der Waals surface area contributed by atoms with Gasteiger partial charge in [0.15, 0.2) is 0 Å². The molecule has 1 aliphatic heterocycles. The van der Waals surface area contributed by atoms with Crippen LogP contribution in [0.2, 0.25) is 0 Å². The molecule has 0 saturated heterocycles. The fourth-order valence-electron chi connectivity index (χ4n) is 6.27. The highest BCUT2D eigenvalue weighted by Crippen LogP contribution is 2.46. The molecular formula is C33H35N3O6. The maximum atomic E-state index is 13.6. The Morgan fingerprint density at radius 2 is 1.81 bits per heavy atom. The molecule has 2 aromatic carbocycles. The van der Waals surface area contributed by atoms with E-state index in [1.54, 1.807) is 7.11 Å². The molecule has 9 heteroatoms. The van der Waals surface area contributed by atoms with E-state index >= 15 is 0 Å². The molecule has 2 saturated carbocycles.